The number of fused-ring (bicyclic) bond motifs is 1. The molecule has 11 heteroatoms. The molecule has 0 saturated carbocycles. The Morgan fingerprint density at radius 3 is 2.38 bits per heavy atom. The van der Waals surface area contributed by atoms with Gasteiger partial charge >= 0.3 is 0 Å². The van der Waals surface area contributed by atoms with Crippen LogP contribution < -0.4 is 5.32 Å². The second-order valence-electron chi connectivity index (χ2n) is 9.15. The van der Waals surface area contributed by atoms with Crippen molar-refractivity contribution < 1.29 is 19.4 Å². The Hall–Kier alpha value is -1.88. The first kappa shape index (κ1) is 28.6. The number of thioether (sulfide) groups is 1. The number of nitrogens with one attached hydrogen (secondary N) is 1. The molecule has 39 heavy (non-hydrogen) atoms. The van der Waals surface area contributed by atoms with E-state index in [-0.39, 0.29) is 24.7 Å². The van der Waals surface area contributed by atoms with Crippen LogP contribution in [0, 0.1) is 5.92 Å². The largest absolute Gasteiger partial charge is 0.392 e. The molecular formula is C28H25Cl3N2O4S2. The van der Waals surface area contributed by atoms with Gasteiger partial charge in [-0.15, -0.1) is 11.3 Å². The molecule has 1 aliphatic heterocycles. The van der Waals surface area contributed by atoms with E-state index in [1.54, 1.807) is 35.2 Å². The molecule has 4 atom stereocenters. The third-order valence-corrected chi connectivity index (χ3v) is 9.25. The molecule has 1 amide bonds. The molecule has 0 spiro atoms. The number of benzene rings is 3. The van der Waals surface area contributed by atoms with Crippen LogP contribution in [0.4, 0.5) is 5.69 Å². The lowest BCUT2D eigenvalue weighted by atomic mass is 9.91. The van der Waals surface area contributed by atoms with E-state index in [0.29, 0.717) is 11.4 Å². The Morgan fingerprint density at radius 2 is 1.72 bits per heavy atom. The maximum atomic E-state index is 12.0. The average Bonchev–Trinajstić information content (AvgIpc) is 3.36. The summed E-state index contributed by atoms with van der Waals surface area (Å²) in [7, 11) is 0. The summed E-state index contributed by atoms with van der Waals surface area (Å²) < 4.78 is 13.1. The minimum absolute atomic E-state index is 0.0182. The number of aromatic nitrogens is 1. The molecule has 4 aromatic rings. The highest BCUT2D eigenvalue weighted by atomic mass is 35.6. The summed E-state index contributed by atoms with van der Waals surface area (Å²) in [6, 6.07) is 23.0. The second-order valence-corrected chi connectivity index (χ2v) is 13.7. The number of rotatable bonds is 7. The Balaban J connectivity index is 1.36. The van der Waals surface area contributed by atoms with Gasteiger partial charge in [-0.05, 0) is 35.4 Å². The summed E-state index contributed by atoms with van der Waals surface area (Å²) in [5.41, 5.74) is 4.12. The lowest BCUT2D eigenvalue weighted by Gasteiger charge is -2.41. The molecule has 5 rings (SSSR count). The summed E-state index contributed by atoms with van der Waals surface area (Å²) in [5, 5.41) is 12.0. The van der Waals surface area contributed by atoms with Gasteiger partial charge in [0.05, 0.1) is 29.0 Å². The molecule has 3 aromatic carbocycles. The van der Waals surface area contributed by atoms with E-state index < -0.39 is 16.0 Å². The van der Waals surface area contributed by atoms with Crippen molar-refractivity contribution >= 4 is 79.7 Å². The molecule has 1 saturated heterocycles. The first-order chi connectivity index (χ1) is 18.7. The number of para-hydroxylation sites is 1. The number of thiazole rings is 1. The maximum Gasteiger partial charge on any atom is 0.276 e. The molecule has 0 radical (unpaired) electrons. The number of alkyl halides is 3. The first-order valence-electron chi connectivity index (χ1n) is 12.2. The van der Waals surface area contributed by atoms with E-state index in [4.69, 9.17) is 49.3 Å². The molecule has 0 aliphatic carbocycles. The van der Waals surface area contributed by atoms with Crippen molar-refractivity contribution in [1.29, 1.82) is 0 Å². The summed E-state index contributed by atoms with van der Waals surface area (Å²) in [6.45, 7) is 2.11. The predicted molar refractivity (Wildman–Crippen MR) is 159 cm³/mol. The van der Waals surface area contributed by atoms with Crippen LogP contribution in [0.3, 0.4) is 0 Å². The van der Waals surface area contributed by atoms with Gasteiger partial charge in [-0.3, -0.25) is 4.79 Å². The smallest absolute Gasteiger partial charge is 0.276 e. The van der Waals surface area contributed by atoms with Crippen molar-refractivity contribution in [3.63, 3.8) is 0 Å². The third-order valence-electron chi connectivity index (χ3n) is 6.47. The fourth-order valence-electron chi connectivity index (χ4n) is 4.30. The van der Waals surface area contributed by atoms with Gasteiger partial charge in [0.25, 0.3) is 9.70 Å². The monoisotopic (exact) mass is 622 g/mol. The van der Waals surface area contributed by atoms with Crippen LogP contribution in [0.2, 0.25) is 0 Å². The van der Waals surface area contributed by atoms with E-state index in [9.17, 15) is 9.90 Å². The van der Waals surface area contributed by atoms with Crippen LogP contribution >= 0.6 is 57.9 Å². The molecule has 1 fully saturated rings. The highest BCUT2D eigenvalue weighted by Crippen LogP contribution is 2.43. The van der Waals surface area contributed by atoms with Crippen LogP contribution in [0.25, 0.3) is 10.2 Å². The lowest BCUT2D eigenvalue weighted by Crippen LogP contribution is -2.38. The highest BCUT2D eigenvalue weighted by Gasteiger charge is 2.38. The van der Waals surface area contributed by atoms with Gasteiger partial charge in [0.15, 0.2) is 10.6 Å². The fourth-order valence-corrected chi connectivity index (χ4v) is 6.70. The number of hydrogen-bond acceptors (Lipinski definition) is 7. The topological polar surface area (TPSA) is 80.7 Å². The summed E-state index contributed by atoms with van der Waals surface area (Å²) in [5.74, 6) is 0.00669. The summed E-state index contributed by atoms with van der Waals surface area (Å²) in [4.78, 5) is 16.8. The number of amides is 1. The van der Waals surface area contributed by atoms with Crippen molar-refractivity contribution in [3.05, 3.63) is 89.5 Å². The van der Waals surface area contributed by atoms with E-state index in [1.807, 2.05) is 54.6 Å². The molecule has 204 valence electrons. The first-order valence-corrected chi connectivity index (χ1v) is 15.1. The number of carbonyl (C=O) groups excluding carboxylic acids is 1. The van der Waals surface area contributed by atoms with E-state index in [2.05, 4.69) is 18.3 Å². The number of anilines is 1. The molecule has 6 nitrogen and oxygen atoms in total. The van der Waals surface area contributed by atoms with Crippen molar-refractivity contribution in [1.82, 2.24) is 4.98 Å². The fraction of sp³-hybridized carbons (Fsp3) is 0.286. The molecule has 2 N–H and O–H groups in total. The number of carbonyl (C=O) groups is 1. The Kier molecular flexibility index (Phi) is 9.05. The normalized spacial score (nSPS) is 21.7. The van der Waals surface area contributed by atoms with Crippen molar-refractivity contribution in [2.24, 2.45) is 5.92 Å². The number of aliphatic hydroxyl groups is 1. The van der Waals surface area contributed by atoms with E-state index in [1.165, 1.54) is 0 Å². The Labute approximate surface area is 249 Å². The minimum Gasteiger partial charge on any atom is -0.392 e. The molecule has 0 bridgehead atoms. The van der Waals surface area contributed by atoms with E-state index >= 15 is 0 Å². The van der Waals surface area contributed by atoms with Crippen molar-refractivity contribution in [2.75, 3.05) is 11.1 Å². The van der Waals surface area contributed by atoms with Crippen LogP contribution in [0.5, 0.6) is 0 Å². The van der Waals surface area contributed by atoms with Crippen LogP contribution in [0.1, 0.15) is 36.0 Å². The summed E-state index contributed by atoms with van der Waals surface area (Å²) in [6.07, 6.45) is -1.00. The minimum atomic E-state index is -2.06. The zero-order valence-corrected chi connectivity index (χ0v) is 24.6. The van der Waals surface area contributed by atoms with Gasteiger partial charge in [0.2, 0.25) is 0 Å². The van der Waals surface area contributed by atoms with Gasteiger partial charge in [-0.1, -0.05) is 102 Å². The molecule has 1 aliphatic rings. The van der Waals surface area contributed by atoms with E-state index in [0.717, 1.165) is 31.2 Å². The van der Waals surface area contributed by atoms with Crippen molar-refractivity contribution in [2.45, 2.75) is 40.2 Å². The maximum absolute atomic E-state index is 12.0. The SMILES string of the molecule is CC1C(CSc2nc3ccccc3s2)OC(c2ccc(NC(=O)C(Cl)(Cl)Cl)cc2)OC1c1ccc(CO)cc1. The molecule has 2 heterocycles. The average molecular weight is 624 g/mol. The zero-order chi connectivity index (χ0) is 27.6. The van der Waals surface area contributed by atoms with Gasteiger partial charge in [0, 0.05) is 22.9 Å². The van der Waals surface area contributed by atoms with Crippen LogP contribution in [0.15, 0.2) is 77.1 Å². The van der Waals surface area contributed by atoms with Crippen LogP contribution in [-0.2, 0) is 20.9 Å². The van der Waals surface area contributed by atoms with Gasteiger partial charge in [-0.2, -0.15) is 0 Å². The molecular weight excluding hydrogens is 599 g/mol. The van der Waals surface area contributed by atoms with Crippen LogP contribution in [-0.4, -0.2) is 31.6 Å². The quantitative estimate of drug-likeness (QED) is 0.162. The second kappa shape index (κ2) is 12.3. The van der Waals surface area contributed by atoms with Gasteiger partial charge in [0.1, 0.15) is 0 Å². The summed E-state index contributed by atoms with van der Waals surface area (Å²) >= 11 is 20.3. The Bertz CT molecular complexity index is 1390. The Morgan fingerprint density at radius 1 is 1.03 bits per heavy atom. The standard InChI is InChI=1S/C28H25Cl3N2O4S2/c1-16-22(15-38-27-33-21-4-2-3-5-23(21)39-27)36-25(37-24(16)18-8-6-17(14-34)7-9-18)19-10-12-20(13-11-19)32-26(35)28(29,30)31/h2-13,16,22,24-25,34H,14-15H2,1H3,(H,32,35). The zero-order valence-electron chi connectivity index (χ0n) is 20.7. The van der Waals surface area contributed by atoms with Gasteiger partial charge in [-0.25, -0.2) is 4.98 Å². The number of ether oxygens (including phenoxy) is 2. The molecule has 1 aromatic heterocycles. The number of hydrogen-bond donors (Lipinski definition) is 2. The lowest BCUT2D eigenvalue weighted by molar-refractivity contribution is -0.268. The highest BCUT2D eigenvalue weighted by molar-refractivity contribution is 8.01. The number of halogens is 3. The predicted octanol–water partition coefficient (Wildman–Crippen LogP) is 7.68. The number of nitrogens with zero attached hydrogens (tertiary/aromatic N) is 1. The number of aliphatic hydroxyl groups excluding tert-OH is 1. The van der Waals surface area contributed by atoms with Gasteiger partial charge < -0.3 is 19.9 Å². The third kappa shape index (κ3) is 6.89. The van der Waals surface area contributed by atoms with Crippen molar-refractivity contribution in [3.8, 4) is 0 Å². The molecule has 4 unspecified atom stereocenters.